The van der Waals surface area contributed by atoms with E-state index in [0.29, 0.717) is 6.54 Å². The first-order chi connectivity index (χ1) is 9.67. The van der Waals surface area contributed by atoms with E-state index in [-0.39, 0.29) is 17.2 Å². The lowest BCUT2D eigenvalue weighted by atomic mass is 10.2. The molecule has 20 heavy (non-hydrogen) atoms. The molecule has 2 aromatic rings. The van der Waals surface area contributed by atoms with Gasteiger partial charge in [0, 0.05) is 19.1 Å². The Bertz CT molecular complexity index is 671. The average molecular weight is 309 g/mol. The predicted octanol–water partition coefficient (Wildman–Crippen LogP) is 2.54. The van der Waals surface area contributed by atoms with Crippen molar-refractivity contribution in [1.29, 1.82) is 0 Å². The number of fused-ring (bicyclic) bond motifs is 1. The summed E-state index contributed by atoms with van der Waals surface area (Å²) in [5.74, 6) is 0.712. The van der Waals surface area contributed by atoms with Crippen molar-refractivity contribution in [3.63, 3.8) is 0 Å². The van der Waals surface area contributed by atoms with Gasteiger partial charge in [-0.2, -0.15) is 4.98 Å². The molecule has 0 bridgehead atoms. The van der Waals surface area contributed by atoms with Crippen molar-refractivity contribution in [2.75, 3.05) is 18.4 Å². The largest absolute Gasteiger partial charge is 0.364 e. The van der Waals surface area contributed by atoms with Gasteiger partial charge in [0.25, 0.3) is 0 Å². The number of nitrogens with zero attached hydrogens (tertiary/aromatic N) is 3. The van der Waals surface area contributed by atoms with Gasteiger partial charge >= 0.3 is 0 Å². The lowest BCUT2D eigenvalue weighted by Crippen LogP contribution is -2.30. The number of hydrogen-bond donors (Lipinski definition) is 1. The Kier molecular flexibility index (Phi) is 3.58. The molecule has 1 aliphatic heterocycles. The molecule has 1 saturated heterocycles. The van der Waals surface area contributed by atoms with Crippen molar-refractivity contribution in [2.24, 2.45) is 0 Å². The van der Waals surface area contributed by atoms with Gasteiger partial charge in [0.1, 0.15) is 5.82 Å². The molecule has 0 aromatic carbocycles. The zero-order chi connectivity index (χ0) is 14.1. The maximum absolute atomic E-state index is 11.6. The van der Waals surface area contributed by atoms with Gasteiger partial charge in [0.15, 0.2) is 0 Å². The summed E-state index contributed by atoms with van der Waals surface area (Å²) in [7, 11) is 0. The summed E-state index contributed by atoms with van der Waals surface area (Å²) in [6.07, 6.45) is 2.23. The predicted molar refractivity (Wildman–Crippen MR) is 81.2 cm³/mol. The quantitative estimate of drug-likeness (QED) is 0.699. The van der Waals surface area contributed by atoms with Crippen LogP contribution in [0.15, 0.2) is 24.1 Å². The number of amides is 1. The lowest BCUT2D eigenvalue weighted by molar-refractivity contribution is -0.125. The van der Waals surface area contributed by atoms with Crippen LogP contribution < -0.4 is 5.32 Å². The second-order valence-electron chi connectivity index (χ2n) is 4.59. The van der Waals surface area contributed by atoms with Crippen molar-refractivity contribution in [2.45, 2.75) is 12.5 Å². The molecule has 0 spiro atoms. The first-order valence-corrected chi connectivity index (χ1v) is 7.52. The van der Waals surface area contributed by atoms with E-state index in [9.17, 15) is 4.79 Å². The molecule has 3 rings (SSSR count). The van der Waals surface area contributed by atoms with E-state index in [4.69, 9.17) is 11.6 Å². The number of thiophene rings is 1. The molecule has 0 saturated carbocycles. The summed E-state index contributed by atoms with van der Waals surface area (Å²) in [5, 5.41) is 5.56. The van der Waals surface area contributed by atoms with Crippen molar-refractivity contribution >= 4 is 44.9 Å². The molecule has 2 aromatic heterocycles. The van der Waals surface area contributed by atoms with E-state index in [1.807, 2.05) is 11.4 Å². The Hall–Kier alpha value is -1.66. The molecule has 1 atom stereocenters. The number of nitrogens with one attached hydrogen (secondary N) is 1. The summed E-state index contributed by atoms with van der Waals surface area (Å²) in [5.41, 5.74) is 0.842. The van der Waals surface area contributed by atoms with Crippen LogP contribution in [0.5, 0.6) is 0 Å². The number of aromatic nitrogens is 2. The Balaban J connectivity index is 1.79. The standard InChI is InChI=1S/C13H13ClN4OS/c1-2-10(19)18-5-3-8(7-18)15-12-11-9(4-6-20-11)16-13(14)17-12/h2,4,6,8H,1,3,5,7H2,(H,15,16,17). The molecule has 1 amide bonds. The van der Waals surface area contributed by atoms with E-state index in [2.05, 4.69) is 21.9 Å². The van der Waals surface area contributed by atoms with Gasteiger partial charge in [-0.1, -0.05) is 6.58 Å². The third-order valence-electron chi connectivity index (χ3n) is 3.29. The van der Waals surface area contributed by atoms with Crippen LogP contribution in [0.4, 0.5) is 5.82 Å². The molecule has 1 unspecified atom stereocenters. The minimum absolute atomic E-state index is 0.0312. The van der Waals surface area contributed by atoms with E-state index >= 15 is 0 Å². The van der Waals surface area contributed by atoms with Crippen molar-refractivity contribution in [1.82, 2.24) is 14.9 Å². The fourth-order valence-electron chi connectivity index (χ4n) is 2.33. The number of anilines is 1. The lowest BCUT2D eigenvalue weighted by Gasteiger charge is -2.16. The fourth-order valence-corrected chi connectivity index (χ4v) is 3.29. The highest BCUT2D eigenvalue weighted by atomic mass is 35.5. The smallest absolute Gasteiger partial charge is 0.246 e. The van der Waals surface area contributed by atoms with Gasteiger partial charge in [0.05, 0.1) is 10.2 Å². The van der Waals surface area contributed by atoms with E-state index in [0.717, 1.165) is 29.0 Å². The molecular weight excluding hydrogens is 296 g/mol. The zero-order valence-corrected chi connectivity index (χ0v) is 12.2. The highest BCUT2D eigenvalue weighted by Crippen LogP contribution is 2.28. The van der Waals surface area contributed by atoms with Gasteiger partial charge in [-0.15, -0.1) is 11.3 Å². The highest BCUT2D eigenvalue weighted by molar-refractivity contribution is 7.17. The average Bonchev–Trinajstić information content (AvgIpc) is 3.06. The van der Waals surface area contributed by atoms with Crippen LogP contribution in [0.1, 0.15) is 6.42 Å². The Labute approximate surface area is 125 Å². The Morgan fingerprint density at radius 2 is 2.45 bits per heavy atom. The van der Waals surface area contributed by atoms with E-state index in [1.165, 1.54) is 6.08 Å². The number of carbonyl (C=O) groups excluding carboxylic acids is 1. The maximum Gasteiger partial charge on any atom is 0.246 e. The van der Waals surface area contributed by atoms with Crippen molar-refractivity contribution in [3.05, 3.63) is 29.4 Å². The third-order valence-corrected chi connectivity index (χ3v) is 4.37. The number of rotatable bonds is 3. The molecule has 0 radical (unpaired) electrons. The second-order valence-corrected chi connectivity index (χ2v) is 5.85. The molecule has 0 aliphatic carbocycles. The van der Waals surface area contributed by atoms with Crippen LogP contribution >= 0.6 is 22.9 Å². The van der Waals surface area contributed by atoms with E-state index < -0.39 is 0 Å². The second kappa shape index (κ2) is 5.38. The summed E-state index contributed by atoms with van der Waals surface area (Å²) < 4.78 is 0.989. The summed E-state index contributed by atoms with van der Waals surface area (Å²) in [4.78, 5) is 21.8. The number of likely N-dealkylation sites (tertiary alicyclic amines) is 1. The topological polar surface area (TPSA) is 58.1 Å². The molecule has 5 nitrogen and oxygen atoms in total. The van der Waals surface area contributed by atoms with Gasteiger partial charge in [-0.25, -0.2) is 4.98 Å². The van der Waals surface area contributed by atoms with Crippen LogP contribution in [0, 0.1) is 0 Å². The number of hydrogen-bond acceptors (Lipinski definition) is 5. The monoisotopic (exact) mass is 308 g/mol. The van der Waals surface area contributed by atoms with Crippen molar-refractivity contribution in [3.8, 4) is 0 Å². The molecule has 104 valence electrons. The van der Waals surface area contributed by atoms with Crippen molar-refractivity contribution < 1.29 is 4.79 Å². The Morgan fingerprint density at radius 1 is 1.60 bits per heavy atom. The van der Waals surface area contributed by atoms with Crippen LogP contribution in [0.3, 0.4) is 0 Å². The highest BCUT2D eigenvalue weighted by Gasteiger charge is 2.25. The first-order valence-electron chi connectivity index (χ1n) is 6.26. The SMILES string of the molecule is C=CC(=O)N1CCC(Nc2nc(Cl)nc3ccsc23)C1. The van der Waals surface area contributed by atoms with Crippen LogP contribution in [-0.4, -0.2) is 39.9 Å². The van der Waals surface area contributed by atoms with Crippen LogP contribution in [0.2, 0.25) is 5.28 Å². The normalized spacial score (nSPS) is 18.4. The van der Waals surface area contributed by atoms with Gasteiger partial charge in [-0.3, -0.25) is 4.79 Å². The summed E-state index contributed by atoms with van der Waals surface area (Å²) in [6, 6.07) is 2.09. The number of carbonyl (C=O) groups is 1. The van der Waals surface area contributed by atoms with Gasteiger partial charge in [-0.05, 0) is 35.5 Å². The fraction of sp³-hybridized carbons (Fsp3) is 0.308. The molecule has 1 fully saturated rings. The molecular formula is C13H13ClN4OS. The van der Waals surface area contributed by atoms with Gasteiger partial charge < -0.3 is 10.2 Å². The summed E-state index contributed by atoms with van der Waals surface area (Å²) in [6.45, 7) is 4.89. The van der Waals surface area contributed by atoms with E-state index in [1.54, 1.807) is 16.2 Å². The number of halogens is 1. The Morgan fingerprint density at radius 3 is 3.25 bits per heavy atom. The summed E-state index contributed by atoms with van der Waals surface area (Å²) >= 11 is 7.51. The minimum Gasteiger partial charge on any atom is -0.364 e. The zero-order valence-electron chi connectivity index (χ0n) is 10.7. The van der Waals surface area contributed by atoms with Crippen LogP contribution in [0.25, 0.3) is 10.2 Å². The molecule has 3 heterocycles. The third kappa shape index (κ3) is 2.48. The first kappa shape index (κ1) is 13.3. The van der Waals surface area contributed by atoms with Gasteiger partial charge in [0.2, 0.25) is 11.2 Å². The molecule has 7 heteroatoms. The minimum atomic E-state index is -0.0312. The molecule has 1 N–H and O–H groups in total. The van der Waals surface area contributed by atoms with Crippen LogP contribution in [-0.2, 0) is 4.79 Å². The molecule has 1 aliphatic rings. The maximum atomic E-state index is 11.6.